The van der Waals surface area contributed by atoms with Crippen molar-refractivity contribution in [1.29, 1.82) is 0 Å². The molecule has 0 fully saturated rings. The quantitative estimate of drug-likeness (QED) is 0.808. The van der Waals surface area contributed by atoms with Crippen molar-refractivity contribution in [1.82, 2.24) is 5.32 Å². The summed E-state index contributed by atoms with van der Waals surface area (Å²) in [6.45, 7) is 0.808. The van der Waals surface area contributed by atoms with Gasteiger partial charge in [-0.15, -0.1) is 0 Å². The Morgan fingerprint density at radius 1 is 1.05 bits per heavy atom. The van der Waals surface area contributed by atoms with E-state index in [0.717, 1.165) is 29.0 Å². The molecule has 0 aromatic heterocycles. The Balaban J connectivity index is 2.34. The van der Waals surface area contributed by atoms with Crippen LogP contribution in [0, 0.1) is 3.57 Å². The van der Waals surface area contributed by atoms with Crippen molar-refractivity contribution in [2.24, 2.45) is 0 Å². The third-order valence-corrected chi connectivity index (χ3v) is 4.51. The molecule has 2 aromatic carbocycles. The summed E-state index contributed by atoms with van der Waals surface area (Å²) < 4.78 is 12.0. The maximum Gasteiger partial charge on any atom is 0.161 e. The lowest BCUT2D eigenvalue weighted by Gasteiger charge is -2.17. The fourth-order valence-corrected chi connectivity index (χ4v) is 3.20. The number of hydrogen-bond acceptors (Lipinski definition) is 3. The van der Waals surface area contributed by atoms with Gasteiger partial charge in [0.2, 0.25) is 0 Å². The molecule has 21 heavy (non-hydrogen) atoms. The Bertz CT molecular complexity index is 799. The van der Waals surface area contributed by atoms with Crippen molar-refractivity contribution in [2.75, 3.05) is 20.8 Å². The van der Waals surface area contributed by atoms with Gasteiger partial charge in [0.25, 0.3) is 0 Å². The van der Waals surface area contributed by atoms with E-state index in [0.29, 0.717) is 0 Å². The summed E-state index contributed by atoms with van der Waals surface area (Å²) in [6, 6.07) is 12.4. The van der Waals surface area contributed by atoms with E-state index in [-0.39, 0.29) is 0 Å². The minimum Gasteiger partial charge on any atom is -0.493 e. The minimum absolute atomic E-state index is 0.747. The summed E-state index contributed by atoms with van der Waals surface area (Å²) in [5.74, 6) is 1.51. The molecule has 0 spiro atoms. The Kier molecular flexibility index (Phi) is 4.05. The van der Waals surface area contributed by atoms with Crippen LogP contribution in [0.4, 0.5) is 0 Å². The van der Waals surface area contributed by atoms with Gasteiger partial charge in [-0.25, -0.2) is 0 Å². The first-order valence-corrected chi connectivity index (χ1v) is 7.78. The topological polar surface area (TPSA) is 30.5 Å². The largest absolute Gasteiger partial charge is 0.493 e. The Hall–Kier alpha value is -1.69. The number of hydrogen-bond donors (Lipinski definition) is 1. The second-order valence-corrected chi connectivity index (χ2v) is 5.90. The van der Waals surface area contributed by atoms with E-state index >= 15 is 0 Å². The van der Waals surface area contributed by atoms with Gasteiger partial charge < -0.3 is 14.8 Å². The summed E-state index contributed by atoms with van der Waals surface area (Å²) >= 11 is 2.37. The number of rotatable bonds is 3. The number of nitrogens with one attached hydrogen (secondary N) is 1. The van der Waals surface area contributed by atoms with E-state index in [9.17, 15) is 0 Å². The second kappa shape index (κ2) is 5.97. The van der Waals surface area contributed by atoms with Crippen LogP contribution in [0.5, 0.6) is 11.5 Å². The van der Waals surface area contributed by atoms with Crippen LogP contribution in [0.3, 0.4) is 0 Å². The molecule has 0 aliphatic carbocycles. The lowest BCUT2D eigenvalue weighted by molar-refractivity contribution is 0.354. The highest BCUT2D eigenvalue weighted by Crippen LogP contribution is 2.23. The first-order chi connectivity index (χ1) is 10.2. The van der Waals surface area contributed by atoms with Gasteiger partial charge in [0, 0.05) is 20.9 Å². The zero-order valence-electron chi connectivity index (χ0n) is 11.9. The molecule has 1 aliphatic heterocycles. The molecule has 0 bridgehead atoms. The molecule has 0 atom stereocenters. The number of ether oxygens (including phenoxy) is 2. The third kappa shape index (κ3) is 2.60. The van der Waals surface area contributed by atoms with Gasteiger partial charge in [0.05, 0.1) is 19.9 Å². The van der Waals surface area contributed by atoms with Gasteiger partial charge in [0.1, 0.15) is 0 Å². The van der Waals surface area contributed by atoms with Gasteiger partial charge in [-0.1, -0.05) is 24.3 Å². The van der Waals surface area contributed by atoms with E-state index < -0.39 is 0 Å². The summed E-state index contributed by atoms with van der Waals surface area (Å²) in [5, 5.41) is 5.79. The maximum atomic E-state index is 5.43. The van der Waals surface area contributed by atoms with Crippen LogP contribution in [-0.2, 0) is 0 Å². The molecule has 1 heterocycles. The molecule has 3 rings (SSSR count). The lowest BCUT2D eigenvalue weighted by Crippen LogP contribution is -2.38. The van der Waals surface area contributed by atoms with Crippen LogP contribution in [-0.4, -0.2) is 20.8 Å². The van der Waals surface area contributed by atoms with Gasteiger partial charge in [-0.3, -0.25) is 0 Å². The third-order valence-electron chi connectivity index (χ3n) is 3.57. The average Bonchev–Trinajstić information content (AvgIpc) is 2.53. The summed E-state index contributed by atoms with van der Waals surface area (Å²) in [4.78, 5) is 0. The standard InChI is InChI=1S/C17H16INO2/c1-20-15-9-11-7-8-19-17(13(11)10-16(15)21-2)12-5-3-4-6-14(12)18/h3-7,9-10,19H,8H2,1-2H3. The highest BCUT2D eigenvalue weighted by molar-refractivity contribution is 14.1. The molecular formula is C17H16INO2. The smallest absolute Gasteiger partial charge is 0.161 e. The van der Waals surface area contributed by atoms with Crippen LogP contribution in [0.1, 0.15) is 5.56 Å². The lowest BCUT2D eigenvalue weighted by atomic mass is 10.0. The van der Waals surface area contributed by atoms with Crippen molar-refractivity contribution in [3.05, 3.63) is 56.0 Å². The molecule has 1 N–H and O–H groups in total. The van der Waals surface area contributed by atoms with E-state index in [2.05, 4.69) is 58.2 Å². The highest BCUT2D eigenvalue weighted by atomic mass is 127. The molecule has 0 saturated carbocycles. The zero-order valence-corrected chi connectivity index (χ0v) is 14.1. The van der Waals surface area contributed by atoms with E-state index in [1.165, 1.54) is 14.4 Å². The number of fused-ring (bicyclic) bond motifs is 1. The van der Waals surface area contributed by atoms with E-state index in [1.54, 1.807) is 14.2 Å². The van der Waals surface area contributed by atoms with Crippen molar-refractivity contribution >= 4 is 34.4 Å². The molecule has 0 amide bonds. The zero-order chi connectivity index (χ0) is 14.8. The molecule has 0 saturated heterocycles. The maximum absolute atomic E-state index is 5.43. The van der Waals surface area contributed by atoms with Crippen molar-refractivity contribution in [3.63, 3.8) is 0 Å². The molecule has 4 heteroatoms. The van der Waals surface area contributed by atoms with E-state index in [1.807, 2.05) is 12.1 Å². The Labute approximate surface area is 137 Å². The van der Waals surface area contributed by atoms with Crippen LogP contribution < -0.4 is 25.2 Å². The normalized spacial score (nSPS) is 13.0. The first kappa shape index (κ1) is 14.3. The summed E-state index contributed by atoms with van der Waals surface area (Å²) in [7, 11) is 3.33. The fraction of sp³-hybridized carbons (Fsp3) is 0.176. The van der Waals surface area contributed by atoms with Crippen molar-refractivity contribution < 1.29 is 9.47 Å². The van der Waals surface area contributed by atoms with Crippen LogP contribution >= 0.6 is 22.6 Å². The predicted octanol–water partition coefficient (Wildman–Crippen LogP) is 1.85. The predicted molar refractivity (Wildman–Crippen MR) is 92.9 cm³/mol. The molecule has 2 aromatic rings. The van der Waals surface area contributed by atoms with Gasteiger partial charge in [-0.2, -0.15) is 0 Å². The van der Waals surface area contributed by atoms with E-state index in [4.69, 9.17) is 9.47 Å². The van der Waals surface area contributed by atoms with Gasteiger partial charge >= 0.3 is 0 Å². The second-order valence-electron chi connectivity index (χ2n) is 4.73. The number of benzene rings is 2. The van der Waals surface area contributed by atoms with Gasteiger partial charge in [-0.05, 0) is 46.0 Å². The summed E-state index contributed by atoms with van der Waals surface area (Å²) in [6.07, 6.45) is 2.16. The number of halogens is 1. The van der Waals surface area contributed by atoms with Crippen molar-refractivity contribution in [3.8, 4) is 11.5 Å². The fourth-order valence-electron chi connectivity index (χ4n) is 2.54. The molecular weight excluding hydrogens is 377 g/mol. The SMILES string of the molecule is COc1cc2c(cc1OC)=C(c1ccccc1I)NCC=2. The molecule has 0 radical (unpaired) electrons. The minimum atomic E-state index is 0.747. The number of methoxy groups -OCH3 is 2. The van der Waals surface area contributed by atoms with Crippen LogP contribution in [0.2, 0.25) is 0 Å². The molecule has 108 valence electrons. The van der Waals surface area contributed by atoms with Crippen molar-refractivity contribution in [2.45, 2.75) is 0 Å². The van der Waals surface area contributed by atoms with Crippen LogP contribution in [0.15, 0.2) is 36.4 Å². The summed E-state index contributed by atoms with van der Waals surface area (Å²) in [5.41, 5.74) is 2.35. The van der Waals surface area contributed by atoms with Crippen LogP contribution in [0.25, 0.3) is 11.8 Å². The Morgan fingerprint density at radius 3 is 2.48 bits per heavy atom. The van der Waals surface area contributed by atoms with Gasteiger partial charge in [0.15, 0.2) is 11.5 Å². The molecule has 3 nitrogen and oxygen atoms in total. The highest BCUT2D eigenvalue weighted by Gasteiger charge is 2.12. The Morgan fingerprint density at radius 2 is 1.76 bits per heavy atom. The monoisotopic (exact) mass is 393 g/mol. The molecule has 1 aliphatic rings. The first-order valence-electron chi connectivity index (χ1n) is 6.70. The molecule has 0 unspecified atom stereocenters. The average molecular weight is 393 g/mol.